The van der Waals surface area contributed by atoms with Crippen molar-refractivity contribution in [2.24, 2.45) is 5.73 Å². The van der Waals surface area contributed by atoms with Gasteiger partial charge in [-0.3, -0.25) is 4.79 Å². The van der Waals surface area contributed by atoms with Crippen LogP contribution in [-0.2, 0) is 11.3 Å². The number of anilines is 1. The zero-order valence-electron chi connectivity index (χ0n) is 8.78. The number of benzene rings is 1. The van der Waals surface area contributed by atoms with Crippen molar-refractivity contribution in [2.75, 3.05) is 11.4 Å². The molecule has 0 saturated carbocycles. The van der Waals surface area contributed by atoms with Crippen molar-refractivity contribution in [3.63, 3.8) is 0 Å². The van der Waals surface area contributed by atoms with Crippen LogP contribution in [0.25, 0.3) is 0 Å². The standard InChI is InChI=1S/C12H16N2O/c13-9-10-5-1-2-6-11(10)14-8-4-3-7-12(14)15/h1-2,5-6H,3-4,7-9,13H2. The molecule has 1 heterocycles. The number of carbonyl (C=O) groups is 1. The van der Waals surface area contributed by atoms with E-state index in [9.17, 15) is 4.79 Å². The molecule has 0 radical (unpaired) electrons. The molecule has 1 fully saturated rings. The minimum atomic E-state index is 0.224. The number of nitrogens with zero attached hydrogens (tertiary/aromatic N) is 1. The lowest BCUT2D eigenvalue weighted by molar-refractivity contribution is -0.119. The largest absolute Gasteiger partial charge is 0.326 e. The van der Waals surface area contributed by atoms with Crippen molar-refractivity contribution in [2.45, 2.75) is 25.8 Å². The van der Waals surface area contributed by atoms with E-state index in [0.29, 0.717) is 13.0 Å². The smallest absolute Gasteiger partial charge is 0.226 e. The predicted molar refractivity (Wildman–Crippen MR) is 60.5 cm³/mol. The van der Waals surface area contributed by atoms with E-state index in [1.807, 2.05) is 29.2 Å². The maximum atomic E-state index is 11.7. The van der Waals surface area contributed by atoms with E-state index in [1.54, 1.807) is 0 Å². The van der Waals surface area contributed by atoms with E-state index >= 15 is 0 Å². The Morgan fingerprint density at radius 1 is 1.27 bits per heavy atom. The molecule has 0 spiro atoms. The highest BCUT2D eigenvalue weighted by Gasteiger charge is 2.20. The molecule has 3 nitrogen and oxygen atoms in total. The molecule has 1 aliphatic rings. The molecule has 1 aromatic carbocycles. The first-order chi connectivity index (χ1) is 7.33. The van der Waals surface area contributed by atoms with Gasteiger partial charge in [0.05, 0.1) is 0 Å². The lowest BCUT2D eigenvalue weighted by atomic mass is 10.1. The number of hydrogen-bond acceptors (Lipinski definition) is 2. The highest BCUT2D eigenvalue weighted by atomic mass is 16.2. The number of para-hydroxylation sites is 1. The molecule has 1 amide bonds. The second-order valence-corrected chi connectivity index (χ2v) is 3.84. The van der Waals surface area contributed by atoms with Crippen molar-refractivity contribution in [3.8, 4) is 0 Å². The van der Waals surface area contributed by atoms with Crippen LogP contribution < -0.4 is 10.6 Å². The molecule has 15 heavy (non-hydrogen) atoms. The Morgan fingerprint density at radius 3 is 2.80 bits per heavy atom. The summed E-state index contributed by atoms with van der Waals surface area (Å²) >= 11 is 0. The predicted octanol–water partition coefficient (Wildman–Crippen LogP) is 1.66. The third-order valence-electron chi connectivity index (χ3n) is 2.83. The molecule has 3 heteroatoms. The van der Waals surface area contributed by atoms with Crippen molar-refractivity contribution in [1.29, 1.82) is 0 Å². The number of hydrogen-bond donors (Lipinski definition) is 1. The molecule has 0 bridgehead atoms. The normalized spacial score (nSPS) is 16.9. The SMILES string of the molecule is NCc1ccccc1N1CCCCC1=O. The third kappa shape index (κ3) is 2.02. The molecule has 0 atom stereocenters. The lowest BCUT2D eigenvalue weighted by Crippen LogP contribution is -2.36. The van der Waals surface area contributed by atoms with E-state index < -0.39 is 0 Å². The summed E-state index contributed by atoms with van der Waals surface area (Å²) in [5.74, 6) is 0.224. The molecule has 1 saturated heterocycles. The fourth-order valence-corrected chi connectivity index (χ4v) is 2.01. The van der Waals surface area contributed by atoms with Crippen molar-refractivity contribution < 1.29 is 4.79 Å². The zero-order valence-corrected chi connectivity index (χ0v) is 8.78. The fourth-order valence-electron chi connectivity index (χ4n) is 2.01. The molecule has 1 aliphatic heterocycles. The molecule has 2 rings (SSSR count). The summed E-state index contributed by atoms with van der Waals surface area (Å²) in [6, 6.07) is 7.87. The van der Waals surface area contributed by atoms with E-state index in [1.165, 1.54) is 0 Å². The van der Waals surface area contributed by atoms with Crippen LogP contribution in [0, 0.1) is 0 Å². The summed E-state index contributed by atoms with van der Waals surface area (Å²) in [7, 11) is 0. The van der Waals surface area contributed by atoms with Crippen LogP contribution >= 0.6 is 0 Å². The van der Waals surface area contributed by atoms with Crippen LogP contribution in [-0.4, -0.2) is 12.5 Å². The number of rotatable bonds is 2. The molecule has 1 aromatic rings. The van der Waals surface area contributed by atoms with Gasteiger partial charge < -0.3 is 10.6 Å². The number of nitrogens with two attached hydrogens (primary N) is 1. The van der Waals surface area contributed by atoms with Gasteiger partial charge in [-0.15, -0.1) is 0 Å². The Balaban J connectivity index is 2.30. The van der Waals surface area contributed by atoms with Crippen LogP contribution in [0.4, 0.5) is 5.69 Å². The number of carbonyl (C=O) groups excluding carboxylic acids is 1. The molecule has 2 N–H and O–H groups in total. The van der Waals surface area contributed by atoms with Gasteiger partial charge in [0.1, 0.15) is 0 Å². The summed E-state index contributed by atoms with van der Waals surface area (Å²) < 4.78 is 0. The maximum Gasteiger partial charge on any atom is 0.226 e. The van der Waals surface area contributed by atoms with Crippen LogP contribution in [0.3, 0.4) is 0 Å². The van der Waals surface area contributed by atoms with Crippen molar-refractivity contribution in [3.05, 3.63) is 29.8 Å². The van der Waals surface area contributed by atoms with Gasteiger partial charge in [0.15, 0.2) is 0 Å². The van der Waals surface area contributed by atoms with Gasteiger partial charge in [-0.05, 0) is 24.5 Å². The van der Waals surface area contributed by atoms with Crippen LogP contribution in [0.2, 0.25) is 0 Å². The van der Waals surface area contributed by atoms with E-state index in [4.69, 9.17) is 5.73 Å². The van der Waals surface area contributed by atoms with Gasteiger partial charge in [-0.25, -0.2) is 0 Å². The Kier molecular flexibility index (Phi) is 3.02. The van der Waals surface area contributed by atoms with Gasteiger partial charge >= 0.3 is 0 Å². The van der Waals surface area contributed by atoms with Gasteiger partial charge in [-0.1, -0.05) is 18.2 Å². The molecule has 0 aromatic heterocycles. The lowest BCUT2D eigenvalue weighted by Gasteiger charge is -2.28. The van der Waals surface area contributed by atoms with Gasteiger partial charge in [0, 0.05) is 25.2 Å². The quantitative estimate of drug-likeness (QED) is 0.796. The molecular formula is C12H16N2O. The van der Waals surface area contributed by atoms with Crippen molar-refractivity contribution in [1.82, 2.24) is 0 Å². The van der Waals surface area contributed by atoms with Crippen LogP contribution in [0.1, 0.15) is 24.8 Å². The first kappa shape index (κ1) is 10.2. The Bertz CT molecular complexity index is 362. The van der Waals surface area contributed by atoms with Gasteiger partial charge in [-0.2, -0.15) is 0 Å². The summed E-state index contributed by atoms with van der Waals surface area (Å²) in [6.07, 6.45) is 2.77. The first-order valence-corrected chi connectivity index (χ1v) is 5.41. The fraction of sp³-hybridized carbons (Fsp3) is 0.417. The third-order valence-corrected chi connectivity index (χ3v) is 2.83. The summed E-state index contributed by atoms with van der Waals surface area (Å²) in [5, 5.41) is 0. The molecule has 0 unspecified atom stereocenters. The molecule has 80 valence electrons. The summed E-state index contributed by atoms with van der Waals surface area (Å²) in [6.45, 7) is 1.32. The highest BCUT2D eigenvalue weighted by Crippen LogP contribution is 2.24. The Labute approximate surface area is 89.9 Å². The minimum absolute atomic E-state index is 0.224. The average Bonchev–Trinajstić information content (AvgIpc) is 2.30. The highest BCUT2D eigenvalue weighted by molar-refractivity contribution is 5.94. The van der Waals surface area contributed by atoms with Crippen LogP contribution in [0.5, 0.6) is 0 Å². The topological polar surface area (TPSA) is 46.3 Å². The number of amides is 1. The second kappa shape index (κ2) is 4.45. The van der Waals surface area contributed by atoms with E-state index in [-0.39, 0.29) is 5.91 Å². The monoisotopic (exact) mass is 204 g/mol. The number of piperidine rings is 1. The zero-order chi connectivity index (χ0) is 10.7. The summed E-state index contributed by atoms with van der Waals surface area (Å²) in [5.41, 5.74) is 7.70. The van der Waals surface area contributed by atoms with Gasteiger partial charge in [0.2, 0.25) is 5.91 Å². The van der Waals surface area contributed by atoms with Crippen molar-refractivity contribution >= 4 is 11.6 Å². The summed E-state index contributed by atoms with van der Waals surface area (Å²) in [4.78, 5) is 13.6. The van der Waals surface area contributed by atoms with Crippen LogP contribution in [0.15, 0.2) is 24.3 Å². The Morgan fingerprint density at radius 2 is 2.07 bits per heavy atom. The maximum absolute atomic E-state index is 11.7. The van der Waals surface area contributed by atoms with E-state index in [0.717, 1.165) is 30.6 Å². The molecule has 0 aliphatic carbocycles. The first-order valence-electron chi connectivity index (χ1n) is 5.41. The van der Waals surface area contributed by atoms with Gasteiger partial charge in [0.25, 0.3) is 0 Å². The second-order valence-electron chi connectivity index (χ2n) is 3.84. The Hall–Kier alpha value is -1.35. The average molecular weight is 204 g/mol. The molecular weight excluding hydrogens is 188 g/mol. The van der Waals surface area contributed by atoms with E-state index in [2.05, 4.69) is 0 Å². The minimum Gasteiger partial charge on any atom is -0.326 e.